The molecule has 19 heavy (non-hydrogen) atoms. The largest absolute Gasteiger partial charge is 0.491 e. The molecule has 2 N–H and O–H groups in total. The van der Waals surface area contributed by atoms with Crippen LogP contribution in [0.5, 0.6) is 5.75 Å². The first-order chi connectivity index (χ1) is 9.24. The van der Waals surface area contributed by atoms with Gasteiger partial charge in [-0.15, -0.1) is 10.2 Å². The fourth-order valence-electron chi connectivity index (χ4n) is 1.96. The first-order valence-electron chi connectivity index (χ1n) is 5.84. The van der Waals surface area contributed by atoms with Crippen LogP contribution in [0.2, 0.25) is 0 Å². The lowest BCUT2D eigenvalue weighted by molar-refractivity contribution is -0.118. The molecule has 2 heterocycles. The average Bonchev–Trinajstić information content (AvgIpc) is 2.75. The van der Waals surface area contributed by atoms with Crippen LogP contribution in [0.3, 0.4) is 0 Å². The summed E-state index contributed by atoms with van der Waals surface area (Å²) < 4.78 is 5.57. The van der Waals surface area contributed by atoms with Crippen molar-refractivity contribution in [2.45, 2.75) is 13.0 Å². The van der Waals surface area contributed by atoms with E-state index in [1.807, 2.05) is 24.3 Å². The minimum absolute atomic E-state index is 0.0127. The Balaban J connectivity index is 1.95. The van der Waals surface area contributed by atoms with E-state index in [0.717, 1.165) is 5.69 Å². The number of hydrogen-bond donors (Lipinski definition) is 1. The van der Waals surface area contributed by atoms with Crippen molar-refractivity contribution in [2.75, 3.05) is 17.2 Å². The van der Waals surface area contributed by atoms with Crippen LogP contribution in [0.15, 0.2) is 24.3 Å². The summed E-state index contributed by atoms with van der Waals surface area (Å²) in [6.07, 6.45) is 0.350. The topological polar surface area (TPSA) is 81.3 Å². The van der Waals surface area contributed by atoms with E-state index in [1.165, 1.54) is 11.3 Å². The third-order valence-corrected chi connectivity index (χ3v) is 3.54. The Labute approximate surface area is 113 Å². The van der Waals surface area contributed by atoms with E-state index in [1.54, 1.807) is 4.90 Å². The molecular weight excluding hydrogens is 264 g/mol. The molecule has 1 aromatic heterocycles. The fourth-order valence-corrected chi connectivity index (χ4v) is 2.56. The van der Waals surface area contributed by atoms with Crippen LogP contribution >= 0.6 is 11.3 Å². The van der Waals surface area contributed by atoms with E-state index in [0.29, 0.717) is 35.5 Å². The number of anilines is 2. The predicted octanol–water partition coefficient (Wildman–Crippen LogP) is 1.44. The Bertz CT molecular complexity index is 613. The normalized spacial score (nSPS) is 14.7. The molecule has 1 aliphatic heterocycles. The smallest absolute Gasteiger partial charge is 0.230 e. The number of nitrogens with two attached hydrogens (primary N) is 1. The zero-order chi connectivity index (χ0) is 13.2. The molecule has 0 saturated heterocycles. The van der Waals surface area contributed by atoms with Gasteiger partial charge in [-0.3, -0.25) is 4.79 Å². The zero-order valence-corrected chi connectivity index (χ0v) is 10.9. The quantitative estimate of drug-likeness (QED) is 0.897. The molecule has 98 valence electrons. The molecule has 1 aromatic carbocycles. The van der Waals surface area contributed by atoms with Gasteiger partial charge in [-0.1, -0.05) is 23.5 Å². The molecule has 0 atom stereocenters. The third kappa shape index (κ3) is 2.37. The molecule has 0 unspecified atom stereocenters. The zero-order valence-electron chi connectivity index (χ0n) is 10.1. The van der Waals surface area contributed by atoms with Crippen LogP contribution in [0.1, 0.15) is 11.4 Å². The third-order valence-electron chi connectivity index (χ3n) is 2.81. The maximum Gasteiger partial charge on any atom is 0.230 e. The van der Waals surface area contributed by atoms with Crippen LogP contribution < -0.4 is 15.4 Å². The number of nitrogens with zero attached hydrogens (tertiary/aromatic N) is 3. The summed E-state index contributed by atoms with van der Waals surface area (Å²) in [5.41, 5.74) is 6.32. The van der Waals surface area contributed by atoms with Crippen LogP contribution in [0.4, 0.5) is 10.8 Å². The number of amides is 1. The second-order valence-electron chi connectivity index (χ2n) is 4.08. The average molecular weight is 276 g/mol. The van der Waals surface area contributed by atoms with Crippen molar-refractivity contribution in [3.8, 4) is 5.75 Å². The summed E-state index contributed by atoms with van der Waals surface area (Å²) >= 11 is 1.29. The van der Waals surface area contributed by atoms with Crippen molar-refractivity contribution in [2.24, 2.45) is 0 Å². The maximum absolute atomic E-state index is 12.2. The van der Waals surface area contributed by atoms with Crippen molar-refractivity contribution in [3.63, 3.8) is 0 Å². The molecule has 3 rings (SSSR count). The van der Waals surface area contributed by atoms with E-state index in [9.17, 15) is 4.79 Å². The summed E-state index contributed by atoms with van der Waals surface area (Å²) in [6, 6.07) is 7.48. The number of nitrogen functional groups attached to an aromatic ring is 1. The van der Waals surface area contributed by atoms with E-state index >= 15 is 0 Å². The maximum atomic E-state index is 12.2. The van der Waals surface area contributed by atoms with Gasteiger partial charge in [0, 0.05) is 0 Å². The summed E-state index contributed by atoms with van der Waals surface area (Å²) in [6.45, 7) is 0.763. The number of carbonyl (C=O) groups is 1. The number of ether oxygens (including phenoxy) is 1. The summed E-state index contributed by atoms with van der Waals surface area (Å²) in [4.78, 5) is 13.8. The van der Waals surface area contributed by atoms with Crippen molar-refractivity contribution in [3.05, 3.63) is 29.3 Å². The molecule has 1 amide bonds. The number of carbonyl (C=O) groups excluding carboxylic acids is 1. The molecule has 0 spiro atoms. The van der Waals surface area contributed by atoms with E-state index in [-0.39, 0.29) is 5.91 Å². The van der Waals surface area contributed by atoms with Crippen molar-refractivity contribution in [1.82, 2.24) is 10.2 Å². The van der Waals surface area contributed by atoms with Crippen molar-refractivity contribution >= 4 is 28.1 Å². The predicted molar refractivity (Wildman–Crippen MR) is 72.1 cm³/mol. The number of hydrogen-bond acceptors (Lipinski definition) is 6. The SMILES string of the molecule is Nc1nnc(CN2C(=O)CCOc3ccccc32)s1. The molecule has 0 bridgehead atoms. The highest BCUT2D eigenvalue weighted by molar-refractivity contribution is 7.15. The summed E-state index contributed by atoms with van der Waals surface area (Å²) in [7, 11) is 0. The number of fused-ring (bicyclic) bond motifs is 1. The molecule has 2 aromatic rings. The molecule has 0 aliphatic carbocycles. The van der Waals surface area contributed by atoms with Gasteiger partial charge in [0.05, 0.1) is 25.3 Å². The lowest BCUT2D eigenvalue weighted by Crippen LogP contribution is -2.29. The Hall–Kier alpha value is -2.15. The lowest BCUT2D eigenvalue weighted by Gasteiger charge is -2.20. The van der Waals surface area contributed by atoms with Gasteiger partial charge >= 0.3 is 0 Å². The monoisotopic (exact) mass is 276 g/mol. The molecule has 0 fully saturated rings. The van der Waals surface area contributed by atoms with Gasteiger partial charge in [0.1, 0.15) is 10.8 Å². The molecule has 0 saturated carbocycles. The first-order valence-corrected chi connectivity index (χ1v) is 6.66. The van der Waals surface area contributed by atoms with Gasteiger partial charge in [-0.05, 0) is 12.1 Å². The molecule has 1 aliphatic rings. The standard InChI is InChI=1S/C12H12N4O2S/c13-12-15-14-10(19-12)7-16-8-3-1-2-4-9(8)18-6-5-11(16)17/h1-4H,5-7H2,(H2,13,15). The number of para-hydroxylation sites is 2. The van der Waals surface area contributed by atoms with Crippen molar-refractivity contribution in [1.29, 1.82) is 0 Å². The second-order valence-corrected chi connectivity index (χ2v) is 5.17. The number of rotatable bonds is 2. The highest BCUT2D eigenvalue weighted by atomic mass is 32.1. The van der Waals surface area contributed by atoms with Crippen molar-refractivity contribution < 1.29 is 9.53 Å². The fraction of sp³-hybridized carbons (Fsp3) is 0.250. The number of aromatic nitrogens is 2. The van der Waals surface area contributed by atoms with Gasteiger partial charge < -0.3 is 15.4 Å². The Morgan fingerprint density at radius 3 is 3.00 bits per heavy atom. The first kappa shape index (κ1) is 11.9. The van der Waals surface area contributed by atoms with E-state index in [2.05, 4.69) is 10.2 Å². The molecule has 6 nitrogen and oxygen atoms in total. The minimum atomic E-state index is 0.0127. The van der Waals surface area contributed by atoms with E-state index < -0.39 is 0 Å². The van der Waals surface area contributed by atoms with Crippen LogP contribution in [-0.2, 0) is 11.3 Å². The summed E-state index contributed by atoms with van der Waals surface area (Å²) in [5, 5.41) is 8.84. The van der Waals surface area contributed by atoms with Crippen LogP contribution in [-0.4, -0.2) is 22.7 Å². The number of benzene rings is 1. The summed E-state index contributed by atoms with van der Waals surface area (Å²) in [5.74, 6) is 0.726. The Kier molecular flexibility index (Phi) is 3.04. The van der Waals surface area contributed by atoms with Gasteiger partial charge in [0.15, 0.2) is 0 Å². The lowest BCUT2D eigenvalue weighted by atomic mass is 10.2. The van der Waals surface area contributed by atoms with E-state index in [4.69, 9.17) is 10.5 Å². The molecular formula is C12H12N4O2S. The Morgan fingerprint density at radius 2 is 2.21 bits per heavy atom. The van der Waals surface area contributed by atoms with Crippen LogP contribution in [0, 0.1) is 0 Å². The van der Waals surface area contributed by atoms with Gasteiger partial charge in [-0.25, -0.2) is 0 Å². The Morgan fingerprint density at radius 1 is 1.37 bits per heavy atom. The van der Waals surface area contributed by atoms with Gasteiger partial charge in [0.2, 0.25) is 11.0 Å². The molecule has 0 radical (unpaired) electrons. The van der Waals surface area contributed by atoms with Gasteiger partial charge in [0.25, 0.3) is 0 Å². The highest BCUT2D eigenvalue weighted by Crippen LogP contribution is 2.32. The van der Waals surface area contributed by atoms with Gasteiger partial charge in [-0.2, -0.15) is 0 Å². The molecule has 7 heteroatoms. The second kappa shape index (κ2) is 4.85. The highest BCUT2D eigenvalue weighted by Gasteiger charge is 2.24. The minimum Gasteiger partial charge on any atom is -0.491 e. The van der Waals surface area contributed by atoms with Crippen LogP contribution in [0.25, 0.3) is 0 Å².